The van der Waals surface area contributed by atoms with Crippen LogP contribution < -0.4 is 5.32 Å². The lowest BCUT2D eigenvalue weighted by Crippen LogP contribution is -2.44. The van der Waals surface area contributed by atoms with Crippen LogP contribution in [-0.4, -0.2) is 37.8 Å². The fourth-order valence-electron chi connectivity index (χ4n) is 1.42. The van der Waals surface area contributed by atoms with Crippen LogP contribution in [0.25, 0.3) is 0 Å². The molecule has 0 aliphatic carbocycles. The summed E-state index contributed by atoms with van der Waals surface area (Å²) in [6.07, 6.45) is 1.08. The maximum absolute atomic E-state index is 6.31. The van der Waals surface area contributed by atoms with Crippen molar-refractivity contribution in [1.82, 2.24) is 5.32 Å². The van der Waals surface area contributed by atoms with Crippen LogP contribution in [0.15, 0.2) is 0 Å². The van der Waals surface area contributed by atoms with Gasteiger partial charge >= 0.3 is 0 Å². The number of thiol groups is 1. The third kappa shape index (κ3) is 4.78. The minimum absolute atomic E-state index is 0.000972. The topological polar surface area (TPSA) is 21.3 Å². The molecule has 102 valence electrons. The van der Waals surface area contributed by atoms with Gasteiger partial charge in [0.25, 0.3) is 0 Å². The number of hydrogen-bond acceptors (Lipinski definition) is 4. The first-order valence-electron chi connectivity index (χ1n) is 6.37. The molecular weight excluding hydrogens is 266 g/mol. The van der Waals surface area contributed by atoms with Crippen LogP contribution in [0, 0.1) is 0 Å². The Labute approximate surface area is 117 Å². The van der Waals surface area contributed by atoms with Gasteiger partial charge in [0.05, 0.1) is 10.7 Å². The Balaban J connectivity index is 2.53. The largest absolute Gasteiger partial charge is 0.415 e. The van der Waals surface area contributed by atoms with Gasteiger partial charge in [0.1, 0.15) is 0 Å². The average molecular weight is 294 g/mol. The molecule has 1 unspecified atom stereocenters. The maximum atomic E-state index is 6.31. The van der Waals surface area contributed by atoms with Crippen LogP contribution in [0.5, 0.6) is 0 Å². The summed E-state index contributed by atoms with van der Waals surface area (Å²) >= 11 is 6.78. The van der Waals surface area contributed by atoms with Crippen molar-refractivity contribution < 1.29 is 4.43 Å². The zero-order valence-electron chi connectivity index (χ0n) is 11.8. The minimum atomic E-state index is -1.63. The van der Waals surface area contributed by atoms with E-state index in [1.165, 1.54) is 0 Å². The van der Waals surface area contributed by atoms with E-state index in [0.717, 1.165) is 31.9 Å². The molecule has 2 nitrogen and oxygen atoms in total. The summed E-state index contributed by atoms with van der Waals surface area (Å²) in [5.74, 6) is 1.13. The molecule has 1 atom stereocenters. The molecule has 0 saturated carbocycles. The zero-order chi connectivity index (χ0) is 13.2. The molecule has 1 fully saturated rings. The van der Waals surface area contributed by atoms with E-state index in [2.05, 4.69) is 39.2 Å². The van der Waals surface area contributed by atoms with Crippen molar-refractivity contribution in [3.8, 4) is 0 Å². The van der Waals surface area contributed by atoms with Crippen LogP contribution in [-0.2, 0) is 4.43 Å². The molecule has 0 aromatic heterocycles. The van der Waals surface area contributed by atoms with Gasteiger partial charge in [-0.15, -0.1) is 11.8 Å². The molecule has 0 radical (unpaired) electrons. The Bertz CT molecular complexity index is 245. The monoisotopic (exact) mass is 293 g/mol. The molecule has 0 aromatic rings. The second-order valence-corrected chi connectivity index (χ2v) is 13.8. The van der Waals surface area contributed by atoms with E-state index < -0.39 is 8.32 Å². The Hall–Kier alpha value is 0.837. The lowest BCUT2D eigenvalue weighted by molar-refractivity contribution is 0.275. The molecule has 0 bridgehead atoms. The molecular formula is C12H27NOS2Si. The third-order valence-electron chi connectivity index (χ3n) is 3.81. The van der Waals surface area contributed by atoms with E-state index in [1.54, 1.807) is 0 Å². The van der Waals surface area contributed by atoms with Gasteiger partial charge in [0.2, 0.25) is 0 Å². The fourth-order valence-corrected chi connectivity index (χ4v) is 4.15. The van der Waals surface area contributed by atoms with Crippen molar-refractivity contribution in [3.63, 3.8) is 0 Å². The fraction of sp³-hybridized carbons (Fsp3) is 1.00. The predicted molar refractivity (Wildman–Crippen MR) is 84.8 cm³/mol. The second kappa shape index (κ2) is 5.86. The van der Waals surface area contributed by atoms with Crippen molar-refractivity contribution >= 4 is 32.7 Å². The van der Waals surface area contributed by atoms with Gasteiger partial charge in [0.15, 0.2) is 8.32 Å². The van der Waals surface area contributed by atoms with Gasteiger partial charge in [-0.2, -0.15) is 12.6 Å². The first-order chi connectivity index (χ1) is 7.66. The van der Waals surface area contributed by atoms with E-state index in [0.29, 0.717) is 0 Å². The summed E-state index contributed by atoms with van der Waals surface area (Å²) in [4.78, 5) is 0. The smallest absolute Gasteiger partial charge is 0.192 e. The quantitative estimate of drug-likeness (QED) is 0.615. The highest BCUT2D eigenvalue weighted by atomic mass is 32.2. The molecule has 1 aliphatic heterocycles. The lowest BCUT2D eigenvalue weighted by Gasteiger charge is -2.39. The zero-order valence-corrected chi connectivity index (χ0v) is 14.5. The summed E-state index contributed by atoms with van der Waals surface area (Å²) in [5.41, 5.74) is 0. The SMILES string of the molecule is CC(C)(C)[Si](C)(C)OCC1(S)CCNCCS1. The Morgan fingerprint density at radius 2 is 2.00 bits per heavy atom. The van der Waals surface area contributed by atoms with Crippen LogP contribution in [0.4, 0.5) is 0 Å². The molecule has 1 saturated heterocycles. The Kier molecular flexibility index (Phi) is 5.48. The van der Waals surface area contributed by atoms with E-state index in [1.807, 2.05) is 11.8 Å². The van der Waals surface area contributed by atoms with Crippen molar-refractivity contribution in [2.45, 2.75) is 49.4 Å². The van der Waals surface area contributed by atoms with Gasteiger partial charge in [-0.25, -0.2) is 0 Å². The highest BCUT2D eigenvalue weighted by Crippen LogP contribution is 2.40. The van der Waals surface area contributed by atoms with Crippen LogP contribution in [0.2, 0.25) is 18.1 Å². The van der Waals surface area contributed by atoms with Gasteiger partial charge in [-0.1, -0.05) is 20.8 Å². The molecule has 0 aromatic carbocycles. The molecule has 0 amide bonds. The van der Waals surface area contributed by atoms with Crippen molar-refractivity contribution in [1.29, 1.82) is 0 Å². The van der Waals surface area contributed by atoms with Crippen LogP contribution in [0.1, 0.15) is 27.2 Å². The number of hydrogen-bond donors (Lipinski definition) is 2. The summed E-state index contributed by atoms with van der Waals surface area (Å²) < 4.78 is 6.30. The number of thioether (sulfide) groups is 1. The summed E-state index contributed by atoms with van der Waals surface area (Å²) in [6, 6.07) is 0. The van der Waals surface area contributed by atoms with Gasteiger partial charge < -0.3 is 9.74 Å². The van der Waals surface area contributed by atoms with E-state index in [9.17, 15) is 0 Å². The number of nitrogens with one attached hydrogen (secondary N) is 1. The number of rotatable bonds is 3. The summed E-state index contributed by atoms with van der Waals surface area (Å²) in [7, 11) is -1.63. The molecule has 1 N–H and O–H groups in total. The summed E-state index contributed by atoms with van der Waals surface area (Å²) in [6.45, 7) is 14.4. The van der Waals surface area contributed by atoms with Gasteiger partial charge in [0, 0.05) is 12.3 Å². The first-order valence-corrected chi connectivity index (χ1v) is 10.7. The van der Waals surface area contributed by atoms with Crippen LogP contribution >= 0.6 is 24.4 Å². The average Bonchev–Trinajstić information content (AvgIpc) is 2.40. The highest BCUT2D eigenvalue weighted by molar-refractivity contribution is 8.11. The second-order valence-electron chi connectivity index (χ2n) is 6.34. The summed E-state index contributed by atoms with van der Waals surface area (Å²) in [5, 5.41) is 3.70. The van der Waals surface area contributed by atoms with E-state index in [-0.39, 0.29) is 9.12 Å². The minimum Gasteiger partial charge on any atom is -0.415 e. The highest BCUT2D eigenvalue weighted by Gasteiger charge is 2.39. The normalized spacial score (nSPS) is 27.9. The van der Waals surface area contributed by atoms with Crippen molar-refractivity contribution in [2.24, 2.45) is 0 Å². The molecule has 0 spiro atoms. The van der Waals surface area contributed by atoms with Gasteiger partial charge in [-0.3, -0.25) is 0 Å². The molecule has 1 aliphatic rings. The lowest BCUT2D eigenvalue weighted by atomic mass is 10.2. The molecule has 5 heteroatoms. The van der Waals surface area contributed by atoms with E-state index in [4.69, 9.17) is 17.1 Å². The molecule has 1 rings (SSSR count). The van der Waals surface area contributed by atoms with Crippen molar-refractivity contribution in [3.05, 3.63) is 0 Å². The van der Waals surface area contributed by atoms with E-state index >= 15 is 0 Å². The standard InChI is InChI=1S/C12H27NOS2Si/c1-11(2,3)17(4,5)14-10-12(15)6-7-13-8-9-16-12/h13,15H,6-10H2,1-5H3. The Morgan fingerprint density at radius 1 is 1.35 bits per heavy atom. The third-order valence-corrected chi connectivity index (χ3v) is 10.3. The predicted octanol–water partition coefficient (Wildman–Crippen LogP) is 3.36. The Morgan fingerprint density at radius 3 is 2.59 bits per heavy atom. The first kappa shape index (κ1) is 15.9. The molecule has 1 heterocycles. The molecule has 17 heavy (non-hydrogen) atoms. The van der Waals surface area contributed by atoms with Gasteiger partial charge in [-0.05, 0) is 31.1 Å². The van der Waals surface area contributed by atoms with Crippen molar-refractivity contribution in [2.75, 3.05) is 25.4 Å². The van der Waals surface area contributed by atoms with Crippen LogP contribution in [0.3, 0.4) is 0 Å². The maximum Gasteiger partial charge on any atom is 0.192 e.